The van der Waals surface area contributed by atoms with Gasteiger partial charge in [-0.25, -0.2) is 0 Å². The van der Waals surface area contributed by atoms with E-state index in [2.05, 4.69) is 71.2 Å². The number of nitrogens with one attached hydrogen (secondary N) is 1. The maximum atomic E-state index is 3.89. The molecule has 8 heteroatoms. The summed E-state index contributed by atoms with van der Waals surface area (Å²) in [4.78, 5) is 0. The Bertz CT molecular complexity index is 260. The van der Waals surface area contributed by atoms with Crippen molar-refractivity contribution in [2.45, 2.75) is 32.7 Å². The molecule has 1 atom stereocenters. The van der Waals surface area contributed by atoms with Gasteiger partial charge in [0.05, 0.1) is 0 Å². The van der Waals surface area contributed by atoms with Crippen molar-refractivity contribution in [3.05, 3.63) is 0 Å². The van der Waals surface area contributed by atoms with Crippen molar-refractivity contribution in [2.75, 3.05) is 21.1 Å². The van der Waals surface area contributed by atoms with Gasteiger partial charge in [-0.3, -0.25) is 0 Å². The predicted octanol–water partition coefficient (Wildman–Crippen LogP) is -0.362. The van der Waals surface area contributed by atoms with E-state index < -0.39 is 25.9 Å². The molecule has 0 radical (unpaired) electrons. The largest absolute Gasteiger partial charge is 0.343 e. The van der Waals surface area contributed by atoms with Gasteiger partial charge in [-0.2, -0.15) is 0 Å². The molecule has 1 unspecified atom stereocenters. The normalized spacial score (nSPS) is 34.9. The van der Waals surface area contributed by atoms with Crippen LogP contribution in [0.5, 0.6) is 0 Å². The Morgan fingerprint density at radius 1 is 1.00 bits per heavy atom. The lowest BCUT2D eigenvalue weighted by atomic mass is 11.6. The van der Waals surface area contributed by atoms with E-state index >= 15 is 0 Å². The van der Waals surface area contributed by atoms with Gasteiger partial charge in [0.2, 0.25) is 0 Å². The lowest BCUT2D eigenvalue weighted by Gasteiger charge is -2.55. The van der Waals surface area contributed by atoms with E-state index in [0.717, 1.165) is 0 Å². The molecule has 1 heterocycles. The maximum absolute atomic E-state index is 3.89. The van der Waals surface area contributed by atoms with Crippen molar-refractivity contribution in [2.24, 2.45) is 0 Å². The van der Waals surface area contributed by atoms with Gasteiger partial charge in [0.15, 0.2) is 35.8 Å². The molecule has 0 aliphatic carbocycles. The summed E-state index contributed by atoms with van der Waals surface area (Å²) in [5.74, 6) is 0. The lowest BCUT2D eigenvalue weighted by molar-refractivity contribution is 0.563. The van der Waals surface area contributed by atoms with Gasteiger partial charge < -0.3 is 17.3 Å². The highest BCUT2D eigenvalue weighted by Gasteiger charge is 2.46. The molecule has 0 spiro atoms. The van der Waals surface area contributed by atoms with Crippen LogP contribution in [0, 0.1) is 0 Å². The third-order valence-corrected chi connectivity index (χ3v) is 25.4. The Morgan fingerprint density at radius 3 is 2.00 bits per heavy atom. The van der Waals surface area contributed by atoms with Crippen LogP contribution >= 0.6 is 0 Å². The summed E-state index contributed by atoms with van der Waals surface area (Å²) in [6.07, 6.45) is 0. The van der Waals surface area contributed by atoms with Gasteiger partial charge in [-0.15, -0.1) is 0 Å². The first-order valence-corrected chi connectivity index (χ1v) is 15.4. The molecule has 0 bridgehead atoms. The standard InChI is InChI=1S/C8H28N4Si4/c1-10-13-9-14(4)11(2)16(7,8)12(3)15(10,5)6/h9,14H,13H2,1-8H3. The van der Waals surface area contributed by atoms with Gasteiger partial charge in [0.1, 0.15) is 0 Å². The Morgan fingerprint density at radius 2 is 1.50 bits per heavy atom. The summed E-state index contributed by atoms with van der Waals surface area (Å²) in [6, 6.07) is 0. The SMILES string of the molecule is CN1[SiH2]N[SiH](C)N(C)[Si](C)(C)N(C)[Si]1(C)C. The molecular weight excluding hydrogens is 264 g/mol. The van der Waals surface area contributed by atoms with Gasteiger partial charge in [-0.1, -0.05) is 0 Å². The Balaban J connectivity index is 3.07. The van der Waals surface area contributed by atoms with Crippen LogP contribution in [0.25, 0.3) is 0 Å². The molecule has 0 aromatic rings. The second kappa shape index (κ2) is 4.76. The molecule has 96 valence electrons. The van der Waals surface area contributed by atoms with E-state index in [1.165, 1.54) is 0 Å². The molecule has 1 N–H and O–H groups in total. The van der Waals surface area contributed by atoms with Crippen molar-refractivity contribution in [1.82, 2.24) is 17.3 Å². The molecule has 0 saturated carbocycles. The zero-order valence-corrected chi connectivity index (χ0v) is 16.7. The fourth-order valence-corrected chi connectivity index (χ4v) is 21.7. The average Bonchev–Trinajstić information content (AvgIpc) is 2.21. The Kier molecular flexibility index (Phi) is 4.40. The molecule has 1 saturated heterocycles. The van der Waals surface area contributed by atoms with Gasteiger partial charge in [0, 0.05) is 0 Å². The fraction of sp³-hybridized carbons (Fsp3) is 1.00. The summed E-state index contributed by atoms with van der Waals surface area (Å²) in [5, 5.41) is 0. The molecule has 0 aromatic heterocycles. The van der Waals surface area contributed by atoms with Crippen LogP contribution in [0.4, 0.5) is 0 Å². The van der Waals surface area contributed by atoms with Gasteiger partial charge in [0.25, 0.3) is 0 Å². The van der Waals surface area contributed by atoms with Crippen LogP contribution < -0.4 is 4.65 Å². The summed E-state index contributed by atoms with van der Waals surface area (Å²) >= 11 is 0. The molecule has 1 aliphatic heterocycles. The molecule has 1 fully saturated rings. The minimum absolute atomic E-state index is 0.242. The quantitative estimate of drug-likeness (QED) is 0.616. The second-order valence-corrected chi connectivity index (χ2v) is 21.3. The minimum atomic E-state index is -1.41. The highest BCUT2D eigenvalue weighted by Crippen LogP contribution is 2.23. The van der Waals surface area contributed by atoms with E-state index in [1.54, 1.807) is 0 Å². The summed E-state index contributed by atoms with van der Waals surface area (Å²) < 4.78 is 12.1. The highest BCUT2D eigenvalue weighted by atomic mass is 28.5. The zero-order valence-electron chi connectivity index (χ0n) is 12.1. The third-order valence-electron chi connectivity index (χ3n) is 4.64. The van der Waals surface area contributed by atoms with Crippen molar-refractivity contribution in [1.29, 1.82) is 0 Å². The minimum Gasteiger partial charge on any atom is -0.343 e. The van der Waals surface area contributed by atoms with E-state index in [1.807, 2.05) is 0 Å². The van der Waals surface area contributed by atoms with Crippen LogP contribution in [0.1, 0.15) is 0 Å². The van der Waals surface area contributed by atoms with Crippen LogP contribution in [-0.4, -0.2) is 69.6 Å². The molecular formula is C8H28N4Si4. The number of rotatable bonds is 0. The first-order chi connectivity index (χ1) is 7.11. The van der Waals surface area contributed by atoms with E-state index in [9.17, 15) is 0 Å². The lowest BCUT2D eigenvalue weighted by Crippen LogP contribution is -2.78. The number of hydrogen-bond donors (Lipinski definition) is 1. The topological polar surface area (TPSA) is 21.8 Å². The monoisotopic (exact) mass is 292 g/mol. The van der Waals surface area contributed by atoms with E-state index in [4.69, 9.17) is 0 Å². The first-order valence-electron chi connectivity index (χ1n) is 6.03. The predicted molar refractivity (Wildman–Crippen MR) is 82.9 cm³/mol. The highest BCUT2D eigenvalue weighted by molar-refractivity contribution is 6.95. The van der Waals surface area contributed by atoms with Crippen LogP contribution in [0.2, 0.25) is 32.7 Å². The molecule has 0 amide bonds. The van der Waals surface area contributed by atoms with Crippen molar-refractivity contribution < 1.29 is 0 Å². The van der Waals surface area contributed by atoms with Crippen LogP contribution in [0.15, 0.2) is 0 Å². The second-order valence-electron chi connectivity index (χ2n) is 5.89. The van der Waals surface area contributed by atoms with Crippen LogP contribution in [0.3, 0.4) is 0 Å². The van der Waals surface area contributed by atoms with Crippen molar-refractivity contribution in [3.8, 4) is 0 Å². The smallest absolute Gasteiger partial charge is 0.188 e. The molecule has 1 aliphatic rings. The maximum Gasteiger partial charge on any atom is 0.188 e. The van der Waals surface area contributed by atoms with E-state index in [0.29, 0.717) is 0 Å². The Labute approximate surface area is 107 Å². The first kappa shape index (κ1) is 14.8. The summed E-state index contributed by atoms with van der Waals surface area (Å²) in [7, 11) is 3.13. The van der Waals surface area contributed by atoms with E-state index in [-0.39, 0.29) is 9.84 Å². The molecule has 4 nitrogen and oxygen atoms in total. The third kappa shape index (κ3) is 2.43. The number of nitrogens with zero attached hydrogens (tertiary/aromatic N) is 3. The van der Waals surface area contributed by atoms with Crippen molar-refractivity contribution in [3.63, 3.8) is 0 Å². The van der Waals surface area contributed by atoms with Crippen LogP contribution in [-0.2, 0) is 0 Å². The van der Waals surface area contributed by atoms with Gasteiger partial charge in [-0.05, 0) is 53.9 Å². The van der Waals surface area contributed by atoms with Gasteiger partial charge >= 0.3 is 0 Å². The number of hydrogen-bond acceptors (Lipinski definition) is 4. The van der Waals surface area contributed by atoms with Crippen molar-refractivity contribution >= 4 is 35.8 Å². The molecule has 1 rings (SSSR count). The summed E-state index contributed by atoms with van der Waals surface area (Å²) in [6.45, 7) is 12.4. The zero-order chi connectivity index (χ0) is 12.7. The fourth-order valence-electron chi connectivity index (χ4n) is 2.24. The molecule has 0 aromatic carbocycles. The Hall–Kier alpha value is 0.708. The summed E-state index contributed by atoms with van der Waals surface area (Å²) in [5.41, 5.74) is 0. The average molecular weight is 293 g/mol. The molecule has 16 heavy (non-hydrogen) atoms.